The molecule has 8 nitrogen and oxygen atoms in total. The third kappa shape index (κ3) is 3.23. The number of ether oxygens (including phenoxy) is 1. The molecule has 0 aliphatic rings. The molecule has 0 fully saturated rings. The molecule has 1 aromatic carbocycles. The van der Waals surface area contributed by atoms with Gasteiger partial charge < -0.3 is 9.15 Å². The highest BCUT2D eigenvalue weighted by molar-refractivity contribution is 5.85. The zero-order chi connectivity index (χ0) is 16.4. The maximum atomic E-state index is 13.0. The Kier molecular flexibility index (Phi) is 3.83. The van der Waals surface area contributed by atoms with Crippen LogP contribution in [0, 0.1) is 19.7 Å². The largest absolute Gasteiger partial charge is 0.450 e. The predicted octanol–water partition coefficient (Wildman–Crippen LogP) is 1.76. The lowest BCUT2D eigenvalue weighted by atomic mass is 10.3. The van der Waals surface area contributed by atoms with E-state index in [-0.39, 0.29) is 24.1 Å². The van der Waals surface area contributed by atoms with Crippen LogP contribution in [0.2, 0.25) is 0 Å². The van der Waals surface area contributed by atoms with Crippen molar-refractivity contribution < 1.29 is 18.3 Å². The lowest BCUT2D eigenvalue weighted by Crippen LogP contribution is -2.08. The lowest BCUT2D eigenvalue weighted by molar-refractivity contribution is 0.0422. The molecule has 0 bridgehead atoms. The average molecular weight is 317 g/mol. The standard InChI is InChI=1S/C14H12FN5O3/c1-8-16-13(14(21)22-7-12-18-17-9(2)23-12)19-20(8)11-5-3-10(15)4-6-11/h3-6H,7H2,1-2H3. The SMILES string of the molecule is Cc1nnc(COC(=O)c2nc(C)n(-c3ccc(F)cc3)n2)o1. The summed E-state index contributed by atoms with van der Waals surface area (Å²) in [5.41, 5.74) is 0.586. The van der Waals surface area contributed by atoms with Gasteiger partial charge in [0.05, 0.1) is 5.69 Å². The van der Waals surface area contributed by atoms with E-state index in [1.165, 1.54) is 28.9 Å². The number of halogens is 1. The average Bonchev–Trinajstić information content (AvgIpc) is 3.12. The smallest absolute Gasteiger partial charge is 0.378 e. The first-order valence-electron chi connectivity index (χ1n) is 6.68. The van der Waals surface area contributed by atoms with Gasteiger partial charge in [0.1, 0.15) is 11.6 Å². The van der Waals surface area contributed by atoms with Crippen molar-refractivity contribution in [1.82, 2.24) is 25.0 Å². The Morgan fingerprint density at radius 2 is 2.00 bits per heavy atom. The normalized spacial score (nSPS) is 10.7. The first-order valence-corrected chi connectivity index (χ1v) is 6.68. The number of aryl methyl sites for hydroxylation is 2. The van der Waals surface area contributed by atoms with Crippen LogP contribution in [0.15, 0.2) is 28.7 Å². The number of nitrogens with zero attached hydrogens (tertiary/aromatic N) is 5. The van der Waals surface area contributed by atoms with Crippen LogP contribution >= 0.6 is 0 Å². The number of rotatable bonds is 4. The van der Waals surface area contributed by atoms with Crippen LogP contribution in [-0.2, 0) is 11.3 Å². The minimum atomic E-state index is -0.718. The van der Waals surface area contributed by atoms with Gasteiger partial charge >= 0.3 is 5.97 Å². The highest BCUT2D eigenvalue weighted by Gasteiger charge is 2.18. The van der Waals surface area contributed by atoms with Gasteiger partial charge in [-0.1, -0.05) is 0 Å². The van der Waals surface area contributed by atoms with Crippen LogP contribution < -0.4 is 0 Å². The second-order valence-corrected chi connectivity index (χ2v) is 4.66. The summed E-state index contributed by atoms with van der Waals surface area (Å²) < 4.78 is 24.5. The van der Waals surface area contributed by atoms with E-state index in [2.05, 4.69) is 20.3 Å². The summed E-state index contributed by atoms with van der Waals surface area (Å²) in [6.45, 7) is 3.14. The maximum absolute atomic E-state index is 13.0. The van der Waals surface area contributed by atoms with Crippen LogP contribution in [0.5, 0.6) is 0 Å². The Morgan fingerprint density at radius 1 is 1.26 bits per heavy atom. The van der Waals surface area contributed by atoms with Crippen molar-refractivity contribution in [2.45, 2.75) is 20.5 Å². The molecule has 0 aliphatic heterocycles. The Bertz CT molecular complexity index is 840. The van der Waals surface area contributed by atoms with E-state index in [1.54, 1.807) is 13.8 Å². The monoisotopic (exact) mass is 317 g/mol. The number of benzene rings is 1. The summed E-state index contributed by atoms with van der Waals surface area (Å²) in [5.74, 6) is -0.151. The molecule has 0 saturated heterocycles. The molecule has 3 aromatic rings. The summed E-state index contributed by atoms with van der Waals surface area (Å²) in [4.78, 5) is 16.0. The zero-order valence-electron chi connectivity index (χ0n) is 12.4. The summed E-state index contributed by atoms with van der Waals surface area (Å²) in [5, 5.41) is 11.4. The van der Waals surface area contributed by atoms with Gasteiger partial charge in [0, 0.05) is 6.92 Å². The minimum absolute atomic E-state index is 0.108. The number of hydrogen-bond acceptors (Lipinski definition) is 7. The van der Waals surface area contributed by atoms with E-state index >= 15 is 0 Å². The Balaban J connectivity index is 1.74. The molecular weight excluding hydrogens is 305 g/mol. The van der Waals surface area contributed by atoms with Crippen LogP contribution in [0.3, 0.4) is 0 Å². The molecule has 0 radical (unpaired) electrons. The fourth-order valence-electron chi connectivity index (χ4n) is 1.89. The summed E-state index contributed by atoms with van der Waals surface area (Å²) in [6.07, 6.45) is 0. The van der Waals surface area contributed by atoms with Crippen molar-refractivity contribution in [3.8, 4) is 5.69 Å². The second kappa shape index (κ2) is 5.95. The Labute approximate surface area is 129 Å². The number of carbonyl (C=O) groups is 1. The van der Waals surface area contributed by atoms with Crippen molar-refractivity contribution in [3.05, 3.63) is 53.5 Å². The third-order valence-electron chi connectivity index (χ3n) is 2.92. The molecule has 0 spiro atoms. The third-order valence-corrected chi connectivity index (χ3v) is 2.92. The molecule has 0 saturated carbocycles. The number of esters is 1. The van der Waals surface area contributed by atoms with Crippen LogP contribution in [0.1, 0.15) is 28.2 Å². The van der Waals surface area contributed by atoms with Gasteiger partial charge in [-0.05, 0) is 31.2 Å². The van der Waals surface area contributed by atoms with Crippen molar-refractivity contribution in [1.29, 1.82) is 0 Å². The molecule has 3 rings (SSSR count). The zero-order valence-corrected chi connectivity index (χ0v) is 12.4. The van der Waals surface area contributed by atoms with E-state index in [4.69, 9.17) is 9.15 Å². The number of carbonyl (C=O) groups excluding carboxylic acids is 1. The predicted molar refractivity (Wildman–Crippen MR) is 74.2 cm³/mol. The first kappa shape index (κ1) is 14.8. The summed E-state index contributed by atoms with van der Waals surface area (Å²) in [6, 6.07) is 5.67. The van der Waals surface area contributed by atoms with Crippen molar-refractivity contribution in [2.75, 3.05) is 0 Å². The molecule has 0 aliphatic carbocycles. The number of aromatic nitrogens is 5. The molecule has 0 amide bonds. The second-order valence-electron chi connectivity index (χ2n) is 4.66. The molecular formula is C14H12FN5O3. The van der Waals surface area contributed by atoms with Gasteiger partial charge in [-0.25, -0.2) is 18.9 Å². The van der Waals surface area contributed by atoms with Gasteiger partial charge in [0.2, 0.25) is 5.89 Å². The Morgan fingerprint density at radius 3 is 2.65 bits per heavy atom. The molecule has 0 unspecified atom stereocenters. The fraction of sp³-hybridized carbons (Fsp3) is 0.214. The fourth-order valence-corrected chi connectivity index (χ4v) is 1.89. The lowest BCUT2D eigenvalue weighted by Gasteiger charge is -2.01. The minimum Gasteiger partial charge on any atom is -0.450 e. The summed E-state index contributed by atoms with van der Waals surface area (Å²) in [7, 11) is 0. The maximum Gasteiger partial charge on any atom is 0.378 e. The quantitative estimate of drug-likeness (QED) is 0.676. The summed E-state index contributed by atoms with van der Waals surface area (Å²) >= 11 is 0. The number of hydrogen-bond donors (Lipinski definition) is 0. The molecule has 23 heavy (non-hydrogen) atoms. The highest BCUT2D eigenvalue weighted by atomic mass is 19.1. The Hall–Kier alpha value is -3.10. The molecule has 0 atom stereocenters. The van der Waals surface area contributed by atoms with Gasteiger partial charge in [-0.15, -0.1) is 15.3 Å². The molecule has 2 aromatic heterocycles. The van der Waals surface area contributed by atoms with E-state index in [9.17, 15) is 9.18 Å². The van der Waals surface area contributed by atoms with Crippen molar-refractivity contribution in [3.63, 3.8) is 0 Å². The van der Waals surface area contributed by atoms with Gasteiger partial charge in [-0.2, -0.15) is 0 Å². The van der Waals surface area contributed by atoms with Gasteiger partial charge in [0.25, 0.3) is 11.7 Å². The van der Waals surface area contributed by atoms with Crippen molar-refractivity contribution >= 4 is 5.97 Å². The highest BCUT2D eigenvalue weighted by Crippen LogP contribution is 2.11. The first-order chi connectivity index (χ1) is 11.0. The van der Waals surface area contributed by atoms with Gasteiger partial charge in [-0.3, -0.25) is 0 Å². The molecule has 9 heteroatoms. The van der Waals surface area contributed by atoms with Crippen LogP contribution in [-0.4, -0.2) is 30.9 Å². The van der Waals surface area contributed by atoms with Crippen molar-refractivity contribution in [2.24, 2.45) is 0 Å². The van der Waals surface area contributed by atoms with E-state index < -0.39 is 5.97 Å². The van der Waals surface area contributed by atoms with E-state index in [0.717, 1.165) is 0 Å². The molecule has 118 valence electrons. The molecule has 2 heterocycles. The van der Waals surface area contributed by atoms with E-state index in [1.807, 2.05) is 0 Å². The topological polar surface area (TPSA) is 95.9 Å². The van der Waals surface area contributed by atoms with Crippen LogP contribution in [0.4, 0.5) is 4.39 Å². The van der Waals surface area contributed by atoms with Crippen LogP contribution in [0.25, 0.3) is 5.69 Å². The van der Waals surface area contributed by atoms with E-state index in [0.29, 0.717) is 17.4 Å². The molecule has 0 N–H and O–H groups in total. The van der Waals surface area contributed by atoms with Gasteiger partial charge in [0.15, 0.2) is 6.61 Å².